The summed E-state index contributed by atoms with van der Waals surface area (Å²) in [4.78, 5) is 15.0. The molecule has 1 aromatic rings. The van der Waals surface area contributed by atoms with E-state index in [1.165, 1.54) is 49.9 Å². The van der Waals surface area contributed by atoms with Crippen LogP contribution >= 0.6 is 0 Å². The first-order valence-corrected chi connectivity index (χ1v) is 9.49. The van der Waals surface area contributed by atoms with Crippen LogP contribution in [0.5, 0.6) is 0 Å². The molecule has 132 valence electrons. The molecular weight excluding hydrogens is 298 g/mol. The highest BCUT2D eigenvalue weighted by Gasteiger charge is 2.33. The molecule has 0 saturated carbocycles. The second-order valence-electron chi connectivity index (χ2n) is 7.55. The van der Waals surface area contributed by atoms with Crippen molar-refractivity contribution in [1.29, 1.82) is 0 Å². The number of hydrogen-bond acceptors (Lipinski definition) is 3. The molecule has 2 N–H and O–H groups in total. The zero-order chi connectivity index (χ0) is 16.8. The highest BCUT2D eigenvalue weighted by atomic mass is 16.2. The molecule has 0 spiro atoms. The third-order valence-electron chi connectivity index (χ3n) is 5.45. The lowest BCUT2D eigenvalue weighted by Gasteiger charge is -2.33. The Bertz CT molecular complexity index is 528. The SMILES string of the molecule is CC1(C(=O)NCc2ccc(CN3CCCCC3)cc2)CCCCN1. The second-order valence-corrected chi connectivity index (χ2v) is 7.55. The fourth-order valence-electron chi connectivity index (χ4n) is 3.77. The van der Waals surface area contributed by atoms with Crippen LogP contribution in [0.2, 0.25) is 0 Å². The van der Waals surface area contributed by atoms with Gasteiger partial charge in [0, 0.05) is 13.1 Å². The van der Waals surface area contributed by atoms with Crippen LogP contribution in [0.1, 0.15) is 56.6 Å². The molecule has 3 rings (SSSR count). The average molecular weight is 329 g/mol. The van der Waals surface area contributed by atoms with E-state index in [-0.39, 0.29) is 5.91 Å². The summed E-state index contributed by atoms with van der Waals surface area (Å²) in [5.41, 5.74) is 2.14. The van der Waals surface area contributed by atoms with Crippen molar-refractivity contribution < 1.29 is 4.79 Å². The molecule has 0 bridgehead atoms. The first kappa shape index (κ1) is 17.4. The fraction of sp³-hybridized carbons (Fsp3) is 0.650. The van der Waals surface area contributed by atoms with Crippen LogP contribution in [0.4, 0.5) is 0 Å². The molecule has 2 aliphatic heterocycles. The van der Waals surface area contributed by atoms with Crippen LogP contribution in [0.15, 0.2) is 24.3 Å². The van der Waals surface area contributed by atoms with Gasteiger partial charge < -0.3 is 10.6 Å². The summed E-state index contributed by atoms with van der Waals surface area (Å²) in [5, 5.41) is 6.47. The number of rotatable bonds is 5. The Balaban J connectivity index is 1.48. The molecule has 0 radical (unpaired) electrons. The molecular formula is C20H31N3O. The Hall–Kier alpha value is -1.39. The van der Waals surface area contributed by atoms with E-state index in [0.717, 1.165) is 25.9 Å². The van der Waals surface area contributed by atoms with Gasteiger partial charge >= 0.3 is 0 Å². The summed E-state index contributed by atoms with van der Waals surface area (Å²) in [6.45, 7) is 7.07. The molecule has 2 aliphatic rings. The summed E-state index contributed by atoms with van der Waals surface area (Å²) >= 11 is 0. The highest BCUT2D eigenvalue weighted by molar-refractivity contribution is 5.85. The van der Waals surface area contributed by atoms with Gasteiger partial charge in [0.25, 0.3) is 0 Å². The number of nitrogens with zero attached hydrogens (tertiary/aromatic N) is 1. The van der Waals surface area contributed by atoms with Crippen LogP contribution in [-0.2, 0) is 17.9 Å². The first-order valence-electron chi connectivity index (χ1n) is 9.49. The van der Waals surface area contributed by atoms with Crippen molar-refractivity contribution in [3.63, 3.8) is 0 Å². The summed E-state index contributed by atoms with van der Waals surface area (Å²) in [6.07, 6.45) is 7.26. The number of carbonyl (C=O) groups is 1. The predicted octanol–water partition coefficient (Wildman–Crippen LogP) is 2.82. The Labute approximate surface area is 146 Å². The molecule has 2 saturated heterocycles. The molecule has 0 aliphatic carbocycles. The van der Waals surface area contributed by atoms with E-state index in [1.54, 1.807) is 0 Å². The molecule has 1 atom stereocenters. The van der Waals surface area contributed by atoms with E-state index in [4.69, 9.17) is 0 Å². The second kappa shape index (κ2) is 8.13. The van der Waals surface area contributed by atoms with Crippen LogP contribution in [-0.4, -0.2) is 36.0 Å². The predicted molar refractivity (Wildman–Crippen MR) is 97.7 cm³/mol. The van der Waals surface area contributed by atoms with Crippen LogP contribution < -0.4 is 10.6 Å². The van der Waals surface area contributed by atoms with Crippen molar-refractivity contribution in [2.24, 2.45) is 0 Å². The molecule has 2 heterocycles. The van der Waals surface area contributed by atoms with Crippen molar-refractivity contribution in [1.82, 2.24) is 15.5 Å². The smallest absolute Gasteiger partial charge is 0.240 e. The lowest BCUT2D eigenvalue weighted by Crippen LogP contribution is -2.56. The van der Waals surface area contributed by atoms with Gasteiger partial charge in [-0.3, -0.25) is 9.69 Å². The third-order valence-corrected chi connectivity index (χ3v) is 5.45. The summed E-state index contributed by atoms with van der Waals surface area (Å²) in [6, 6.07) is 8.71. The van der Waals surface area contributed by atoms with Gasteiger partial charge in [-0.15, -0.1) is 0 Å². The van der Waals surface area contributed by atoms with Crippen molar-refractivity contribution in [2.75, 3.05) is 19.6 Å². The lowest BCUT2D eigenvalue weighted by atomic mass is 9.90. The maximum absolute atomic E-state index is 12.4. The van der Waals surface area contributed by atoms with Gasteiger partial charge in [-0.25, -0.2) is 0 Å². The molecule has 1 unspecified atom stereocenters. The Kier molecular flexibility index (Phi) is 5.90. The van der Waals surface area contributed by atoms with E-state index >= 15 is 0 Å². The maximum Gasteiger partial charge on any atom is 0.240 e. The zero-order valence-corrected chi connectivity index (χ0v) is 14.9. The number of hydrogen-bond donors (Lipinski definition) is 2. The minimum atomic E-state index is -0.396. The first-order chi connectivity index (χ1) is 11.7. The quantitative estimate of drug-likeness (QED) is 0.873. The van der Waals surface area contributed by atoms with Crippen molar-refractivity contribution in [2.45, 2.75) is 64.1 Å². The standard InChI is InChI=1S/C20H31N3O/c1-20(11-3-4-12-22-20)19(24)21-15-17-7-9-18(10-8-17)16-23-13-5-2-6-14-23/h7-10,22H,2-6,11-16H2,1H3,(H,21,24). The topological polar surface area (TPSA) is 44.4 Å². The number of amides is 1. The molecule has 4 nitrogen and oxygen atoms in total. The molecule has 1 amide bonds. The molecule has 2 fully saturated rings. The van der Waals surface area contributed by atoms with E-state index in [0.29, 0.717) is 6.54 Å². The lowest BCUT2D eigenvalue weighted by molar-refractivity contribution is -0.128. The zero-order valence-electron chi connectivity index (χ0n) is 14.9. The molecule has 4 heteroatoms. The Morgan fingerprint density at radius 3 is 2.46 bits per heavy atom. The van der Waals surface area contributed by atoms with Gasteiger partial charge in [0.1, 0.15) is 0 Å². The molecule has 1 aromatic carbocycles. The van der Waals surface area contributed by atoms with Gasteiger partial charge in [0.05, 0.1) is 5.54 Å². The normalized spacial score (nSPS) is 25.4. The number of carbonyl (C=O) groups excluding carboxylic acids is 1. The highest BCUT2D eigenvalue weighted by Crippen LogP contribution is 2.19. The van der Waals surface area contributed by atoms with Gasteiger partial charge in [-0.1, -0.05) is 30.7 Å². The van der Waals surface area contributed by atoms with E-state index in [9.17, 15) is 4.79 Å². The summed E-state index contributed by atoms with van der Waals surface area (Å²) in [5.74, 6) is 0.125. The van der Waals surface area contributed by atoms with Crippen LogP contribution in [0.3, 0.4) is 0 Å². The summed E-state index contributed by atoms with van der Waals surface area (Å²) < 4.78 is 0. The van der Waals surface area contributed by atoms with Gasteiger partial charge in [-0.05, 0) is 69.8 Å². The number of benzene rings is 1. The van der Waals surface area contributed by atoms with Crippen LogP contribution in [0, 0.1) is 0 Å². The van der Waals surface area contributed by atoms with E-state index in [1.807, 2.05) is 6.92 Å². The fourth-order valence-corrected chi connectivity index (χ4v) is 3.77. The van der Waals surface area contributed by atoms with Crippen molar-refractivity contribution >= 4 is 5.91 Å². The van der Waals surface area contributed by atoms with Crippen molar-refractivity contribution in [3.8, 4) is 0 Å². The minimum Gasteiger partial charge on any atom is -0.350 e. The summed E-state index contributed by atoms with van der Waals surface area (Å²) in [7, 11) is 0. The minimum absolute atomic E-state index is 0.125. The maximum atomic E-state index is 12.4. The van der Waals surface area contributed by atoms with Gasteiger partial charge in [0.15, 0.2) is 0 Å². The molecule has 0 aromatic heterocycles. The van der Waals surface area contributed by atoms with Crippen LogP contribution in [0.25, 0.3) is 0 Å². The largest absolute Gasteiger partial charge is 0.350 e. The number of likely N-dealkylation sites (tertiary alicyclic amines) is 1. The third kappa shape index (κ3) is 4.58. The van der Waals surface area contributed by atoms with Crippen molar-refractivity contribution in [3.05, 3.63) is 35.4 Å². The van der Waals surface area contributed by atoms with Gasteiger partial charge in [-0.2, -0.15) is 0 Å². The molecule has 24 heavy (non-hydrogen) atoms. The Morgan fingerprint density at radius 1 is 1.08 bits per heavy atom. The van der Waals surface area contributed by atoms with Gasteiger partial charge in [0.2, 0.25) is 5.91 Å². The Morgan fingerprint density at radius 2 is 1.79 bits per heavy atom. The number of nitrogens with one attached hydrogen (secondary N) is 2. The average Bonchev–Trinajstić information content (AvgIpc) is 2.62. The number of piperidine rings is 2. The van der Waals surface area contributed by atoms with E-state index < -0.39 is 5.54 Å². The monoisotopic (exact) mass is 329 g/mol. The van der Waals surface area contributed by atoms with E-state index in [2.05, 4.69) is 39.8 Å².